The van der Waals surface area contributed by atoms with E-state index in [1.54, 1.807) is 37.4 Å². The molecule has 0 aliphatic rings. The van der Waals surface area contributed by atoms with Crippen LogP contribution in [-0.2, 0) is 9.59 Å². The zero-order valence-corrected chi connectivity index (χ0v) is 21.6. The summed E-state index contributed by atoms with van der Waals surface area (Å²) < 4.78 is 16.1. The van der Waals surface area contributed by atoms with Crippen molar-refractivity contribution in [3.8, 4) is 23.3 Å². The third-order valence-corrected chi connectivity index (χ3v) is 5.69. The molecular weight excluding hydrogens is 494 g/mol. The van der Waals surface area contributed by atoms with Gasteiger partial charge in [-0.1, -0.05) is 17.7 Å². The molecule has 3 aromatic rings. The number of nitrogens with one attached hydrogen (secondary N) is 2. The number of ether oxygens (including phenoxy) is 3. The average molecular weight is 520 g/mol. The van der Waals surface area contributed by atoms with Gasteiger partial charge in [-0.3, -0.25) is 9.59 Å². The number of halogens is 1. The van der Waals surface area contributed by atoms with Crippen molar-refractivity contribution in [1.29, 1.82) is 5.26 Å². The molecule has 0 heterocycles. The summed E-state index contributed by atoms with van der Waals surface area (Å²) >= 11 is 6.40. The van der Waals surface area contributed by atoms with E-state index in [0.717, 1.165) is 11.1 Å². The van der Waals surface area contributed by atoms with E-state index in [4.69, 9.17) is 25.8 Å². The second-order valence-electron chi connectivity index (χ2n) is 8.02. The van der Waals surface area contributed by atoms with Crippen molar-refractivity contribution < 1.29 is 23.8 Å². The van der Waals surface area contributed by atoms with Gasteiger partial charge in [0.1, 0.15) is 17.4 Å². The highest BCUT2D eigenvalue weighted by Gasteiger charge is 2.16. The Kier molecular flexibility index (Phi) is 9.14. The summed E-state index contributed by atoms with van der Waals surface area (Å²) in [6.07, 6.45) is 1.38. The number of rotatable bonds is 9. The zero-order valence-electron chi connectivity index (χ0n) is 20.8. The number of carbonyl (C=O) groups excluding carboxylic acids is 2. The molecule has 0 aliphatic heterocycles. The molecule has 37 heavy (non-hydrogen) atoms. The Balaban J connectivity index is 1.72. The Labute approximate surface area is 220 Å². The minimum absolute atomic E-state index is 0.143. The lowest BCUT2D eigenvalue weighted by molar-refractivity contribution is -0.118. The minimum atomic E-state index is -0.592. The third-order valence-electron chi connectivity index (χ3n) is 5.41. The first kappa shape index (κ1) is 27.1. The van der Waals surface area contributed by atoms with Crippen LogP contribution in [0.5, 0.6) is 17.2 Å². The van der Waals surface area contributed by atoms with Gasteiger partial charge in [0.25, 0.3) is 11.8 Å². The monoisotopic (exact) mass is 519 g/mol. The summed E-state index contributed by atoms with van der Waals surface area (Å²) in [5.74, 6) is 0.0857. The standard InChI is InChI=1S/C28H26ClN3O5/c1-17-5-6-22(11-18(17)2)31-26(33)16-37-27-24(29)13-19(14-25(27)36-4)12-20(15-30)28(34)32-21-7-9-23(35-3)10-8-21/h5-14H,16H2,1-4H3,(H,31,33)(H,32,34)/b20-12-. The molecule has 0 aliphatic carbocycles. The van der Waals surface area contributed by atoms with Crippen LogP contribution in [-0.4, -0.2) is 32.6 Å². The fourth-order valence-corrected chi connectivity index (χ4v) is 3.58. The summed E-state index contributed by atoms with van der Waals surface area (Å²) in [5, 5.41) is 15.1. The van der Waals surface area contributed by atoms with Crippen LogP contribution in [0.1, 0.15) is 16.7 Å². The molecule has 0 saturated heterocycles. The molecule has 2 amide bonds. The van der Waals surface area contributed by atoms with Crippen LogP contribution in [0.4, 0.5) is 11.4 Å². The number of methoxy groups -OCH3 is 2. The van der Waals surface area contributed by atoms with Crippen LogP contribution in [0, 0.1) is 25.2 Å². The quantitative estimate of drug-likeness (QED) is 0.284. The van der Waals surface area contributed by atoms with Crippen molar-refractivity contribution in [2.45, 2.75) is 13.8 Å². The molecule has 8 nitrogen and oxygen atoms in total. The van der Waals surface area contributed by atoms with Gasteiger partial charge in [-0.2, -0.15) is 5.26 Å². The summed E-state index contributed by atoms with van der Waals surface area (Å²) in [5.41, 5.74) is 3.64. The van der Waals surface area contributed by atoms with Gasteiger partial charge in [0.2, 0.25) is 0 Å². The lowest BCUT2D eigenvalue weighted by Crippen LogP contribution is -2.20. The van der Waals surface area contributed by atoms with Crippen molar-refractivity contribution in [3.05, 3.63) is 81.9 Å². The number of carbonyl (C=O) groups is 2. The van der Waals surface area contributed by atoms with Gasteiger partial charge in [-0.15, -0.1) is 0 Å². The largest absolute Gasteiger partial charge is 0.497 e. The molecule has 0 aromatic heterocycles. The Bertz CT molecular complexity index is 1380. The predicted octanol–water partition coefficient (Wildman–Crippen LogP) is 5.54. The second kappa shape index (κ2) is 12.5. The normalized spacial score (nSPS) is 10.8. The number of aryl methyl sites for hydroxylation is 2. The van der Waals surface area contributed by atoms with Crippen molar-refractivity contribution in [2.24, 2.45) is 0 Å². The topological polar surface area (TPSA) is 110 Å². The van der Waals surface area contributed by atoms with E-state index >= 15 is 0 Å². The number of amides is 2. The van der Waals surface area contributed by atoms with Crippen LogP contribution in [0.2, 0.25) is 5.02 Å². The van der Waals surface area contributed by atoms with Gasteiger partial charge >= 0.3 is 0 Å². The Hall–Kier alpha value is -4.48. The number of nitrogens with zero attached hydrogens (tertiary/aromatic N) is 1. The molecule has 0 fully saturated rings. The zero-order chi connectivity index (χ0) is 26.9. The van der Waals surface area contributed by atoms with Crippen LogP contribution in [0.15, 0.2) is 60.2 Å². The summed E-state index contributed by atoms with van der Waals surface area (Å²) in [7, 11) is 2.96. The van der Waals surface area contributed by atoms with Crippen LogP contribution >= 0.6 is 11.6 Å². The van der Waals surface area contributed by atoms with E-state index < -0.39 is 5.91 Å². The molecule has 3 rings (SSSR count). The number of hydrogen-bond donors (Lipinski definition) is 2. The molecule has 0 unspecified atom stereocenters. The SMILES string of the molecule is COc1ccc(NC(=O)/C(C#N)=C\c2cc(Cl)c(OCC(=O)Nc3ccc(C)c(C)c3)c(OC)c2)cc1. The smallest absolute Gasteiger partial charge is 0.266 e. The van der Waals surface area contributed by atoms with Crippen molar-refractivity contribution in [2.75, 3.05) is 31.5 Å². The lowest BCUT2D eigenvalue weighted by atomic mass is 10.1. The molecule has 0 spiro atoms. The number of nitriles is 1. The minimum Gasteiger partial charge on any atom is -0.497 e. The first-order valence-corrected chi connectivity index (χ1v) is 11.6. The van der Waals surface area contributed by atoms with E-state index in [1.807, 2.05) is 38.1 Å². The first-order valence-electron chi connectivity index (χ1n) is 11.2. The fourth-order valence-electron chi connectivity index (χ4n) is 3.31. The van der Waals surface area contributed by atoms with Gasteiger partial charge < -0.3 is 24.8 Å². The summed E-state index contributed by atoms with van der Waals surface area (Å²) in [6, 6.07) is 17.3. The molecule has 0 radical (unpaired) electrons. The average Bonchev–Trinajstić information content (AvgIpc) is 2.88. The molecular formula is C28H26ClN3O5. The number of anilines is 2. The van der Waals surface area contributed by atoms with E-state index in [2.05, 4.69) is 10.6 Å². The van der Waals surface area contributed by atoms with E-state index in [0.29, 0.717) is 22.7 Å². The Morgan fingerprint density at radius 3 is 2.27 bits per heavy atom. The first-order chi connectivity index (χ1) is 17.7. The van der Waals surface area contributed by atoms with Crippen molar-refractivity contribution >= 4 is 40.9 Å². The van der Waals surface area contributed by atoms with Crippen LogP contribution in [0.25, 0.3) is 6.08 Å². The highest BCUT2D eigenvalue weighted by atomic mass is 35.5. The molecule has 0 bridgehead atoms. The third kappa shape index (κ3) is 7.26. The number of hydrogen-bond acceptors (Lipinski definition) is 6. The molecule has 0 saturated carbocycles. The Morgan fingerprint density at radius 2 is 1.65 bits per heavy atom. The van der Waals surface area contributed by atoms with Crippen molar-refractivity contribution in [3.63, 3.8) is 0 Å². The molecule has 190 valence electrons. The molecule has 0 atom stereocenters. The maximum atomic E-state index is 12.6. The summed E-state index contributed by atoms with van der Waals surface area (Å²) in [6.45, 7) is 3.65. The maximum absolute atomic E-state index is 12.6. The van der Waals surface area contributed by atoms with Gasteiger partial charge in [0, 0.05) is 11.4 Å². The molecule has 3 aromatic carbocycles. The molecule has 9 heteroatoms. The van der Waals surface area contributed by atoms with Gasteiger partial charge in [0.05, 0.1) is 19.2 Å². The van der Waals surface area contributed by atoms with E-state index in [1.165, 1.54) is 19.3 Å². The van der Waals surface area contributed by atoms with Gasteiger partial charge in [-0.05, 0) is 85.1 Å². The maximum Gasteiger partial charge on any atom is 0.266 e. The highest BCUT2D eigenvalue weighted by molar-refractivity contribution is 6.32. The van der Waals surface area contributed by atoms with Crippen LogP contribution < -0.4 is 24.8 Å². The van der Waals surface area contributed by atoms with E-state index in [9.17, 15) is 14.9 Å². The summed E-state index contributed by atoms with van der Waals surface area (Å²) in [4.78, 5) is 25.0. The highest BCUT2D eigenvalue weighted by Crippen LogP contribution is 2.37. The van der Waals surface area contributed by atoms with E-state index in [-0.39, 0.29) is 34.6 Å². The van der Waals surface area contributed by atoms with Crippen molar-refractivity contribution in [1.82, 2.24) is 0 Å². The second-order valence-corrected chi connectivity index (χ2v) is 8.43. The number of benzene rings is 3. The van der Waals surface area contributed by atoms with Gasteiger partial charge in [-0.25, -0.2) is 0 Å². The lowest BCUT2D eigenvalue weighted by Gasteiger charge is -2.14. The fraction of sp³-hybridized carbons (Fsp3) is 0.179. The van der Waals surface area contributed by atoms with Crippen LogP contribution in [0.3, 0.4) is 0 Å². The predicted molar refractivity (Wildman–Crippen MR) is 143 cm³/mol. The van der Waals surface area contributed by atoms with Gasteiger partial charge in [0.15, 0.2) is 18.1 Å². The Morgan fingerprint density at radius 1 is 0.946 bits per heavy atom. The molecule has 2 N–H and O–H groups in total.